The molecule has 0 bridgehead atoms. The monoisotopic (exact) mass is 343 g/mol. The standard InChI is InChI=1S/C15H21N5.2ClH/c16-8-14-9-19(6-7-20-12-17-11-18-20)10-15(14)13-4-2-1-3-5-13;;/h1-5,11-12,14-15H,6-10,16H2;2*1H/t14-,15+;;/m1../s1. The molecule has 22 heavy (non-hydrogen) atoms. The van der Waals surface area contributed by atoms with Crippen molar-refractivity contribution < 1.29 is 0 Å². The maximum Gasteiger partial charge on any atom is 0.137 e. The summed E-state index contributed by atoms with van der Waals surface area (Å²) < 4.78 is 1.88. The van der Waals surface area contributed by atoms with Gasteiger partial charge in [-0.05, 0) is 18.0 Å². The molecule has 7 heteroatoms. The summed E-state index contributed by atoms with van der Waals surface area (Å²) in [5.74, 6) is 1.10. The van der Waals surface area contributed by atoms with E-state index in [0.29, 0.717) is 11.8 Å². The van der Waals surface area contributed by atoms with E-state index in [1.165, 1.54) is 5.56 Å². The Morgan fingerprint density at radius 1 is 1.09 bits per heavy atom. The normalized spacial score (nSPS) is 21.1. The zero-order chi connectivity index (χ0) is 13.8. The number of benzene rings is 1. The molecule has 2 atom stereocenters. The molecule has 1 saturated heterocycles. The van der Waals surface area contributed by atoms with E-state index in [4.69, 9.17) is 5.73 Å². The highest BCUT2D eigenvalue weighted by Crippen LogP contribution is 2.31. The zero-order valence-electron chi connectivity index (χ0n) is 12.4. The molecule has 1 aliphatic rings. The number of aromatic nitrogens is 3. The van der Waals surface area contributed by atoms with Gasteiger partial charge in [0.25, 0.3) is 0 Å². The maximum atomic E-state index is 5.96. The van der Waals surface area contributed by atoms with E-state index in [9.17, 15) is 0 Å². The Balaban J connectivity index is 0.00000121. The summed E-state index contributed by atoms with van der Waals surface area (Å²) in [6.07, 6.45) is 3.35. The lowest BCUT2D eigenvalue weighted by Crippen LogP contribution is -2.26. The first-order valence-electron chi connectivity index (χ1n) is 7.16. The summed E-state index contributed by atoms with van der Waals surface area (Å²) in [6.45, 7) is 4.80. The van der Waals surface area contributed by atoms with E-state index in [-0.39, 0.29) is 24.8 Å². The highest BCUT2D eigenvalue weighted by Gasteiger charge is 2.32. The Hall–Kier alpha value is -1.14. The number of nitrogens with two attached hydrogens (primary N) is 1. The molecule has 0 amide bonds. The van der Waals surface area contributed by atoms with Gasteiger partial charge in [0.15, 0.2) is 0 Å². The second-order valence-corrected chi connectivity index (χ2v) is 5.43. The van der Waals surface area contributed by atoms with Gasteiger partial charge in [0, 0.05) is 25.6 Å². The van der Waals surface area contributed by atoms with Gasteiger partial charge in [0.05, 0.1) is 6.54 Å². The molecule has 0 spiro atoms. The fraction of sp³-hybridized carbons (Fsp3) is 0.467. The summed E-state index contributed by atoms with van der Waals surface area (Å²) in [4.78, 5) is 6.46. The van der Waals surface area contributed by atoms with Crippen LogP contribution in [-0.4, -0.2) is 45.8 Å². The number of halogens is 2. The largest absolute Gasteiger partial charge is 0.330 e. The van der Waals surface area contributed by atoms with Crippen LogP contribution in [0.1, 0.15) is 11.5 Å². The molecular formula is C15H23Cl2N5. The lowest BCUT2D eigenvalue weighted by Gasteiger charge is -2.16. The van der Waals surface area contributed by atoms with Gasteiger partial charge in [-0.1, -0.05) is 30.3 Å². The highest BCUT2D eigenvalue weighted by atomic mass is 35.5. The van der Waals surface area contributed by atoms with Crippen LogP contribution in [0.4, 0.5) is 0 Å². The molecule has 0 radical (unpaired) electrons. The Morgan fingerprint density at radius 2 is 1.86 bits per heavy atom. The summed E-state index contributed by atoms with van der Waals surface area (Å²) in [6, 6.07) is 10.7. The van der Waals surface area contributed by atoms with Crippen LogP contribution in [0.2, 0.25) is 0 Å². The molecule has 0 aliphatic carbocycles. The van der Waals surface area contributed by atoms with Crippen molar-refractivity contribution >= 4 is 24.8 Å². The smallest absolute Gasteiger partial charge is 0.137 e. The topological polar surface area (TPSA) is 60.0 Å². The van der Waals surface area contributed by atoms with E-state index in [0.717, 1.165) is 32.7 Å². The van der Waals surface area contributed by atoms with Crippen LogP contribution in [0.5, 0.6) is 0 Å². The van der Waals surface area contributed by atoms with Crippen molar-refractivity contribution in [3.63, 3.8) is 0 Å². The van der Waals surface area contributed by atoms with Crippen LogP contribution in [-0.2, 0) is 6.54 Å². The molecule has 2 N–H and O–H groups in total. The quantitative estimate of drug-likeness (QED) is 0.899. The second kappa shape index (κ2) is 9.10. The van der Waals surface area contributed by atoms with Crippen LogP contribution < -0.4 is 5.73 Å². The van der Waals surface area contributed by atoms with Crippen LogP contribution in [0.25, 0.3) is 0 Å². The summed E-state index contributed by atoms with van der Waals surface area (Å²) >= 11 is 0. The summed E-state index contributed by atoms with van der Waals surface area (Å²) in [5.41, 5.74) is 7.37. The number of hydrogen-bond acceptors (Lipinski definition) is 4. The van der Waals surface area contributed by atoms with Gasteiger partial charge in [0.2, 0.25) is 0 Å². The second-order valence-electron chi connectivity index (χ2n) is 5.43. The highest BCUT2D eigenvalue weighted by molar-refractivity contribution is 5.85. The molecule has 0 unspecified atom stereocenters. The number of likely N-dealkylation sites (tertiary alicyclic amines) is 1. The van der Waals surface area contributed by atoms with Crippen LogP contribution in [0, 0.1) is 5.92 Å². The molecule has 122 valence electrons. The van der Waals surface area contributed by atoms with Crippen molar-refractivity contribution in [2.45, 2.75) is 12.5 Å². The van der Waals surface area contributed by atoms with Gasteiger partial charge >= 0.3 is 0 Å². The lowest BCUT2D eigenvalue weighted by molar-refractivity contribution is 0.303. The zero-order valence-corrected chi connectivity index (χ0v) is 14.0. The maximum absolute atomic E-state index is 5.96. The number of rotatable bonds is 5. The van der Waals surface area contributed by atoms with Gasteiger partial charge in [-0.15, -0.1) is 24.8 Å². The lowest BCUT2D eigenvalue weighted by atomic mass is 9.89. The van der Waals surface area contributed by atoms with Crippen molar-refractivity contribution in [1.82, 2.24) is 19.7 Å². The third kappa shape index (κ3) is 4.43. The van der Waals surface area contributed by atoms with Gasteiger partial charge in [-0.3, -0.25) is 4.68 Å². The van der Waals surface area contributed by atoms with E-state index in [1.54, 1.807) is 12.7 Å². The number of hydrogen-bond donors (Lipinski definition) is 1. The first kappa shape index (κ1) is 18.9. The molecule has 2 heterocycles. The Bertz CT molecular complexity index is 520. The van der Waals surface area contributed by atoms with Crippen LogP contribution >= 0.6 is 24.8 Å². The van der Waals surface area contributed by atoms with Gasteiger partial charge in [0.1, 0.15) is 12.7 Å². The fourth-order valence-corrected chi connectivity index (χ4v) is 3.05. The van der Waals surface area contributed by atoms with Crippen molar-refractivity contribution in [3.05, 3.63) is 48.5 Å². The molecule has 1 aromatic carbocycles. The van der Waals surface area contributed by atoms with Gasteiger partial charge < -0.3 is 10.6 Å². The van der Waals surface area contributed by atoms with Crippen LogP contribution in [0.15, 0.2) is 43.0 Å². The van der Waals surface area contributed by atoms with E-state index >= 15 is 0 Å². The van der Waals surface area contributed by atoms with E-state index in [1.807, 2.05) is 4.68 Å². The van der Waals surface area contributed by atoms with E-state index < -0.39 is 0 Å². The van der Waals surface area contributed by atoms with Crippen molar-refractivity contribution in [1.29, 1.82) is 0 Å². The Morgan fingerprint density at radius 3 is 2.50 bits per heavy atom. The molecule has 3 rings (SSSR count). The van der Waals surface area contributed by atoms with Crippen molar-refractivity contribution in [2.75, 3.05) is 26.2 Å². The minimum atomic E-state index is 0. The molecule has 2 aromatic rings. The van der Waals surface area contributed by atoms with Crippen LogP contribution in [0.3, 0.4) is 0 Å². The third-order valence-electron chi connectivity index (χ3n) is 4.16. The molecule has 1 aliphatic heterocycles. The summed E-state index contributed by atoms with van der Waals surface area (Å²) in [7, 11) is 0. The average Bonchev–Trinajstić information content (AvgIpc) is 3.15. The number of nitrogens with zero attached hydrogens (tertiary/aromatic N) is 4. The Kier molecular flexibility index (Phi) is 7.82. The van der Waals surface area contributed by atoms with Crippen molar-refractivity contribution in [2.24, 2.45) is 11.7 Å². The van der Waals surface area contributed by atoms with Crippen molar-refractivity contribution in [3.8, 4) is 0 Å². The molecule has 5 nitrogen and oxygen atoms in total. The molecule has 1 aromatic heterocycles. The first-order valence-corrected chi connectivity index (χ1v) is 7.16. The van der Waals surface area contributed by atoms with Gasteiger partial charge in [-0.2, -0.15) is 5.10 Å². The molecule has 0 saturated carbocycles. The fourth-order valence-electron chi connectivity index (χ4n) is 3.05. The SMILES string of the molecule is Cl.Cl.NC[C@@H]1CN(CCn2cncn2)C[C@H]1c1ccccc1. The predicted octanol–water partition coefficient (Wildman–Crippen LogP) is 1.80. The Labute approximate surface area is 143 Å². The molecular weight excluding hydrogens is 321 g/mol. The first-order chi connectivity index (χ1) is 9.86. The minimum absolute atomic E-state index is 0. The minimum Gasteiger partial charge on any atom is -0.330 e. The average molecular weight is 344 g/mol. The van der Waals surface area contributed by atoms with Gasteiger partial charge in [-0.25, -0.2) is 4.98 Å². The molecule has 1 fully saturated rings. The summed E-state index contributed by atoms with van der Waals surface area (Å²) in [5, 5.41) is 4.15. The third-order valence-corrected chi connectivity index (χ3v) is 4.16. The predicted molar refractivity (Wildman–Crippen MR) is 92.7 cm³/mol. The van der Waals surface area contributed by atoms with E-state index in [2.05, 4.69) is 45.3 Å².